The van der Waals surface area contributed by atoms with Crippen molar-refractivity contribution in [1.82, 2.24) is 5.32 Å². The summed E-state index contributed by atoms with van der Waals surface area (Å²) in [4.78, 5) is 21.3. The third kappa shape index (κ3) is 3.08. The largest absolute Gasteiger partial charge is 0.481 e. The predicted molar refractivity (Wildman–Crippen MR) is 48.8 cm³/mol. The number of hydrogen-bond donors (Lipinski definition) is 2. The molecule has 0 aliphatic heterocycles. The summed E-state index contributed by atoms with van der Waals surface area (Å²) in [6.45, 7) is 3.93. The molecule has 2 N–H and O–H groups in total. The van der Waals surface area contributed by atoms with Gasteiger partial charge in [-0.2, -0.15) is 0 Å². The summed E-state index contributed by atoms with van der Waals surface area (Å²) in [6.07, 6.45) is 1.58. The Morgan fingerprint density at radius 2 is 2.36 bits per heavy atom. The van der Waals surface area contributed by atoms with Crippen LogP contribution in [0.25, 0.3) is 0 Å². The molecule has 0 aromatic carbocycles. The highest BCUT2D eigenvalue weighted by molar-refractivity contribution is 5.74. The summed E-state index contributed by atoms with van der Waals surface area (Å²) in [5.74, 6) is -1.03. The zero-order valence-corrected chi connectivity index (χ0v) is 7.73. The van der Waals surface area contributed by atoms with Crippen molar-refractivity contribution in [2.45, 2.75) is 6.42 Å². The van der Waals surface area contributed by atoms with Gasteiger partial charge < -0.3 is 15.2 Å². The molecule has 2 atom stereocenters. The minimum absolute atomic E-state index is 0.0591. The first kappa shape index (κ1) is 10.6. The highest BCUT2D eigenvalue weighted by atomic mass is 16.5. The lowest BCUT2D eigenvalue weighted by atomic mass is 10.3. The standard InChI is InChI=1S/C9H13NO4/c1-2-3-14-9(13)10-5-6-4-7(6)8(11)12/h2,6-7H,1,3-5H2,(H,10,13)(H,11,12)/t6-,7+/m0/s1. The number of aliphatic carboxylic acids is 1. The number of alkyl carbamates (subject to hydrolysis) is 1. The van der Waals surface area contributed by atoms with Gasteiger partial charge in [-0.3, -0.25) is 4.79 Å². The lowest BCUT2D eigenvalue weighted by Crippen LogP contribution is -2.27. The number of ether oxygens (including phenoxy) is 1. The van der Waals surface area contributed by atoms with Crippen LogP contribution in [-0.4, -0.2) is 30.3 Å². The van der Waals surface area contributed by atoms with E-state index in [2.05, 4.69) is 16.6 Å². The monoisotopic (exact) mass is 199 g/mol. The van der Waals surface area contributed by atoms with Gasteiger partial charge in [-0.05, 0) is 12.3 Å². The Balaban J connectivity index is 2.07. The summed E-state index contributed by atoms with van der Waals surface area (Å²) in [5, 5.41) is 11.1. The fraction of sp³-hybridized carbons (Fsp3) is 0.556. The number of amides is 1. The molecular formula is C9H13NO4. The van der Waals surface area contributed by atoms with E-state index in [1.165, 1.54) is 6.08 Å². The molecule has 1 rings (SSSR count). The van der Waals surface area contributed by atoms with Crippen molar-refractivity contribution in [2.24, 2.45) is 11.8 Å². The van der Waals surface area contributed by atoms with E-state index >= 15 is 0 Å². The molecule has 0 heterocycles. The van der Waals surface area contributed by atoms with E-state index in [-0.39, 0.29) is 18.4 Å². The lowest BCUT2D eigenvalue weighted by Gasteiger charge is -2.03. The topological polar surface area (TPSA) is 75.6 Å². The molecule has 1 saturated carbocycles. The van der Waals surface area contributed by atoms with Crippen molar-refractivity contribution in [2.75, 3.05) is 13.2 Å². The number of carboxylic acid groups (broad SMARTS) is 1. The second kappa shape index (κ2) is 4.64. The SMILES string of the molecule is C=CCOC(=O)NC[C@@H]1C[C@H]1C(=O)O. The Morgan fingerprint density at radius 3 is 2.86 bits per heavy atom. The summed E-state index contributed by atoms with van der Waals surface area (Å²) in [7, 11) is 0. The van der Waals surface area contributed by atoms with E-state index in [4.69, 9.17) is 5.11 Å². The number of nitrogens with one attached hydrogen (secondary N) is 1. The maximum Gasteiger partial charge on any atom is 0.407 e. The predicted octanol–water partition coefficient (Wildman–Crippen LogP) is 0.619. The second-order valence-corrected chi connectivity index (χ2v) is 3.21. The van der Waals surface area contributed by atoms with Gasteiger partial charge in [0.25, 0.3) is 0 Å². The van der Waals surface area contributed by atoms with E-state index in [1.54, 1.807) is 0 Å². The molecule has 78 valence electrons. The average Bonchev–Trinajstić information content (AvgIpc) is 2.90. The molecule has 0 aromatic rings. The first-order chi connectivity index (χ1) is 6.65. The number of carbonyl (C=O) groups is 2. The third-order valence-electron chi connectivity index (χ3n) is 2.08. The lowest BCUT2D eigenvalue weighted by molar-refractivity contribution is -0.138. The van der Waals surface area contributed by atoms with Gasteiger partial charge >= 0.3 is 12.1 Å². The van der Waals surface area contributed by atoms with Gasteiger partial charge in [-0.15, -0.1) is 0 Å². The maximum atomic E-state index is 10.9. The maximum absolute atomic E-state index is 10.9. The molecule has 0 radical (unpaired) electrons. The smallest absolute Gasteiger partial charge is 0.407 e. The highest BCUT2D eigenvalue weighted by Gasteiger charge is 2.43. The first-order valence-electron chi connectivity index (χ1n) is 4.39. The zero-order valence-electron chi connectivity index (χ0n) is 7.73. The molecule has 1 aliphatic rings. The van der Waals surface area contributed by atoms with Crippen LogP contribution in [0.15, 0.2) is 12.7 Å². The van der Waals surface area contributed by atoms with Crippen LogP contribution in [0.2, 0.25) is 0 Å². The van der Waals surface area contributed by atoms with Crippen LogP contribution in [-0.2, 0) is 9.53 Å². The molecule has 1 amide bonds. The first-order valence-corrected chi connectivity index (χ1v) is 4.39. The number of rotatable bonds is 5. The minimum atomic E-state index is -0.795. The Labute approximate surface area is 81.7 Å². The van der Waals surface area contributed by atoms with Gasteiger partial charge in [0.1, 0.15) is 6.61 Å². The Morgan fingerprint density at radius 1 is 1.64 bits per heavy atom. The third-order valence-corrected chi connectivity index (χ3v) is 2.08. The van der Waals surface area contributed by atoms with Gasteiger partial charge in [0.15, 0.2) is 0 Å². The summed E-state index contributed by atoms with van der Waals surface area (Å²) < 4.78 is 4.65. The van der Waals surface area contributed by atoms with E-state index in [1.807, 2.05) is 0 Å². The average molecular weight is 199 g/mol. The van der Waals surface area contributed by atoms with Gasteiger partial charge in [-0.1, -0.05) is 12.7 Å². The van der Waals surface area contributed by atoms with E-state index in [0.717, 1.165) is 0 Å². The van der Waals surface area contributed by atoms with Crippen molar-refractivity contribution >= 4 is 12.1 Å². The Kier molecular flexibility index (Phi) is 3.50. The summed E-state index contributed by atoms with van der Waals surface area (Å²) >= 11 is 0. The van der Waals surface area contributed by atoms with Crippen molar-refractivity contribution in [3.05, 3.63) is 12.7 Å². The molecule has 0 unspecified atom stereocenters. The van der Waals surface area contributed by atoms with Gasteiger partial charge in [-0.25, -0.2) is 4.79 Å². The van der Waals surface area contributed by atoms with Crippen LogP contribution in [0.1, 0.15) is 6.42 Å². The van der Waals surface area contributed by atoms with Gasteiger partial charge in [0.05, 0.1) is 5.92 Å². The number of carboxylic acids is 1. The van der Waals surface area contributed by atoms with Gasteiger partial charge in [0.2, 0.25) is 0 Å². The van der Waals surface area contributed by atoms with E-state index in [9.17, 15) is 9.59 Å². The van der Waals surface area contributed by atoms with Crippen LogP contribution in [0.3, 0.4) is 0 Å². The molecular weight excluding hydrogens is 186 g/mol. The van der Waals surface area contributed by atoms with E-state index in [0.29, 0.717) is 13.0 Å². The molecule has 0 saturated heterocycles. The Hall–Kier alpha value is -1.52. The molecule has 5 heteroatoms. The van der Waals surface area contributed by atoms with E-state index < -0.39 is 12.1 Å². The molecule has 1 fully saturated rings. The fourth-order valence-corrected chi connectivity index (χ4v) is 1.18. The quantitative estimate of drug-likeness (QED) is 0.636. The van der Waals surface area contributed by atoms with Crippen molar-refractivity contribution in [3.63, 3.8) is 0 Å². The van der Waals surface area contributed by atoms with Crippen LogP contribution >= 0.6 is 0 Å². The van der Waals surface area contributed by atoms with Crippen LogP contribution in [0.5, 0.6) is 0 Å². The molecule has 0 bridgehead atoms. The van der Waals surface area contributed by atoms with Crippen molar-refractivity contribution in [1.29, 1.82) is 0 Å². The molecule has 14 heavy (non-hydrogen) atoms. The summed E-state index contributed by atoms with van der Waals surface area (Å²) in [5.41, 5.74) is 0. The zero-order chi connectivity index (χ0) is 10.6. The van der Waals surface area contributed by atoms with Crippen molar-refractivity contribution in [3.8, 4) is 0 Å². The molecule has 0 spiro atoms. The normalized spacial score (nSPS) is 23.7. The Bertz CT molecular complexity index is 251. The van der Waals surface area contributed by atoms with Crippen LogP contribution in [0.4, 0.5) is 4.79 Å². The second-order valence-electron chi connectivity index (χ2n) is 3.21. The molecule has 0 aromatic heterocycles. The number of carbonyl (C=O) groups excluding carboxylic acids is 1. The fourth-order valence-electron chi connectivity index (χ4n) is 1.18. The number of hydrogen-bond acceptors (Lipinski definition) is 3. The summed E-state index contributed by atoms with van der Waals surface area (Å²) in [6, 6.07) is 0. The molecule has 5 nitrogen and oxygen atoms in total. The van der Waals surface area contributed by atoms with Crippen LogP contribution in [0, 0.1) is 11.8 Å². The van der Waals surface area contributed by atoms with Gasteiger partial charge in [0, 0.05) is 6.54 Å². The van der Waals surface area contributed by atoms with Crippen LogP contribution < -0.4 is 5.32 Å². The van der Waals surface area contributed by atoms with Crippen molar-refractivity contribution < 1.29 is 19.4 Å². The highest BCUT2D eigenvalue weighted by Crippen LogP contribution is 2.37. The minimum Gasteiger partial charge on any atom is -0.481 e. The molecule has 1 aliphatic carbocycles.